The molecule has 0 heterocycles. The number of rotatable bonds is 7. The Balaban J connectivity index is 2.52. The van der Waals surface area contributed by atoms with Crippen molar-refractivity contribution in [1.82, 2.24) is 4.90 Å². The topological polar surface area (TPSA) is 29.5 Å². The van der Waals surface area contributed by atoms with Gasteiger partial charge in [0.15, 0.2) is 0 Å². The molecule has 0 aliphatic rings. The minimum atomic E-state index is -0.682. The summed E-state index contributed by atoms with van der Waals surface area (Å²) < 4.78 is 6.03. The van der Waals surface area contributed by atoms with Crippen LogP contribution in [-0.2, 0) is 21.6 Å². The fraction of sp³-hybridized carbons (Fsp3) is 0.381. The molecule has 0 saturated heterocycles. The van der Waals surface area contributed by atoms with E-state index >= 15 is 0 Å². The monoisotopic (exact) mass is 325 g/mol. The Morgan fingerprint density at radius 3 is 2.08 bits per heavy atom. The highest BCUT2D eigenvalue weighted by Crippen LogP contribution is 2.38. The number of ether oxygens (including phenoxy) is 1. The van der Waals surface area contributed by atoms with Crippen LogP contribution in [0, 0.1) is 5.92 Å². The van der Waals surface area contributed by atoms with Crippen molar-refractivity contribution < 1.29 is 9.53 Å². The Hall–Kier alpha value is -2.13. The lowest BCUT2D eigenvalue weighted by atomic mass is 9.77. The first-order valence-electron chi connectivity index (χ1n) is 8.38. The van der Waals surface area contributed by atoms with Gasteiger partial charge in [0.1, 0.15) is 5.60 Å². The predicted molar refractivity (Wildman–Crippen MR) is 97.8 cm³/mol. The summed E-state index contributed by atoms with van der Waals surface area (Å²) in [6, 6.07) is 20.3. The maximum atomic E-state index is 12.0. The van der Waals surface area contributed by atoms with E-state index in [9.17, 15) is 4.79 Å². The first-order valence-corrected chi connectivity index (χ1v) is 8.38. The lowest BCUT2D eigenvalue weighted by Gasteiger charge is -2.40. The van der Waals surface area contributed by atoms with E-state index in [-0.39, 0.29) is 11.9 Å². The van der Waals surface area contributed by atoms with Crippen molar-refractivity contribution in [2.45, 2.75) is 25.9 Å². The molecule has 0 N–H and O–H groups in total. The van der Waals surface area contributed by atoms with Crippen molar-refractivity contribution >= 4 is 5.97 Å². The van der Waals surface area contributed by atoms with Crippen LogP contribution in [0.5, 0.6) is 0 Å². The molecule has 3 nitrogen and oxygen atoms in total. The molecule has 0 aliphatic carbocycles. The van der Waals surface area contributed by atoms with Gasteiger partial charge in [0.05, 0.1) is 0 Å². The van der Waals surface area contributed by atoms with Gasteiger partial charge in [-0.2, -0.15) is 0 Å². The molecule has 0 spiro atoms. The van der Waals surface area contributed by atoms with Gasteiger partial charge in [-0.05, 0) is 25.2 Å². The lowest BCUT2D eigenvalue weighted by molar-refractivity contribution is -0.165. The Kier molecular flexibility index (Phi) is 6.16. The summed E-state index contributed by atoms with van der Waals surface area (Å²) in [6.07, 6.45) is 0.659. The molecule has 2 rings (SSSR count). The van der Waals surface area contributed by atoms with Gasteiger partial charge in [-0.15, -0.1) is 0 Å². The van der Waals surface area contributed by atoms with Gasteiger partial charge >= 0.3 is 5.97 Å². The molecule has 3 heteroatoms. The molecule has 0 saturated carbocycles. The van der Waals surface area contributed by atoms with Gasteiger partial charge in [0.25, 0.3) is 0 Å². The van der Waals surface area contributed by atoms with Crippen molar-refractivity contribution in [3.8, 4) is 0 Å². The highest BCUT2D eigenvalue weighted by molar-refractivity contribution is 5.67. The molecule has 2 aromatic carbocycles. The van der Waals surface area contributed by atoms with Crippen LogP contribution < -0.4 is 0 Å². The van der Waals surface area contributed by atoms with Crippen molar-refractivity contribution in [1.29, 1.82) is 0 Å². The summed E-state index contributed by atoms with van der Waals surface area (Å²) in [5.74, 6) is -0.112. The van der Waals surface area contributed by atoms with Crippen LogP contribution in [-0.4, -0.2) is 31.5 Å². The molecule has 2 aromatic rings. The first-order chi connectivity index (χ1) is 11.4. The van der Waals surface area contributed by atoms with Gasteiger partial charge in [-0.25, -0.2) is 0 Å². The summed E-state index contributed by atoms with van der Waals surface area (Å²) in [6.45, 7) is 4.47. The number of hydrogen-bond donors (Lipinski definition) is 0. The molecule has 0 aromatic heterocycles. The van der Waals surface area contributed by atoms with Crippen molar-refractivity contribution in [2.75, 3.05) is 20.6 Å². The second kappa shape index (κ2) is 8.11. The van der Waals surface area contributed by atoms with E-state index in [1.807, 2.05) is 50.5 Å². The fourth-order valence-electron chi connectivity index (χ4n) is 3.33. The Morgan fingerprint density at radius 1 is 1.04 bits per heavy atom. The zero-order valence-corrected chi connectivity index (χ0v) is 15.0. The van der Waals surface area contributed by atoms with E-state index in [0.29, 0.717) is 6.42 Å². The number of esters is 1. The second-order valence-electron chi connectivity index (χ2n) is 6.67. The van der Waals surface area contributed by atoms with Gasteiger partial charge < -0.3 is 9.64 Å². The minimum Gasteiger partial charge on any atom is -0.454 e. The van der Waals surface area contributed by atoms with Gasteiger partial charge in [-0.3, -0.25) is 4.79 Å². The van der Waals surface area contributed by atoms with Crippen molar-refractivity contribution in [3.63, 3.8) is 0 Å². The zero-order chi connectivity index (χ0) is 17.6. The van der Waals surface area contributed by atoms with Crippen molar-refractivity contribution in [2.24, 2.45) is 5.92 Å². The largest absolute Gasteiger partial charge is 0.454 e. The molecule has 2 atom stereocenters. The average Bonchev–Trinajstić information content (AvgIpc) is 2.55. The van der Waals surface area contributed by atoms with E-state index < -0.39 is 5.60 Å². The number of nitrogens with zero attached hydrogens (tertiary/aromatic N) is 1. The predicted octanol–water partition coefficient (Wildman–Crippen LogP) is 3.89. The molecular weight excluding hydrogens is 298 g/mol. The molecule has 0 bridgehead atoms. The summed E-state index contributed by atoms with van der Waals surface area (Å²) >= 11 is 0. The average molecular weight is 325 g/mol. The van der Waals surface area contributed by atoms with Crippen LogP contribution in [0.2, 0.25) is 0 Å². The van der Waals surface area contributed by atoms with Crippen LogP contribution >= 0.6 is 0 Å². The number of carbonyl (C=O) groups excluding carboxylic acids is 1. The summed E-state index contributed by atoms with van der Waals surface area (Å²) in [7, 11) is 4.09. The van der Waals surface area contributed by atoms with E-state index in [0.717, 1.165) is 17.7 Å². The first kappa shape index (κ1) is 18.2. The van der Waals surface area contributed by atoms with Crippen molar-refractivity contribution in [3.05, 3.63) is 71.8 Å². The van der Waals surface area contributed by atoms with Gasteiger partial charge in [0, 0.05) is 25.8 Å². The smallest absolute Gasteiger partial charge is 0.303 e. The molecule has 128 valence electrons. The molecular formula is C21H27NO2. The molecule has 0 amide bonds. The van der Waals surface area contributed by atoms with Crippen LogP contribution in [0.4, 0.5) is 0 Å². The zero-order valence-electron chi connectivity index (χ0n) is 15.0. The van der Waals surface area contributed by atoms with E-state index in [1.54, 1.807) is 0 Å². The Bertz CT molecular complexity index is 639. The lowest BCUT2D eigenvalue weighted by Crippen LogP contribution is -2.44. The van der Waals surface area contributed by atoms with Gasteiger partial charge in [-0.1, -0.05) is 67.6 Å². The Labute approximate surface area is 145 Å². The number of benzene rings is 2. The normalized spacial score (nSPS) is 14.9. The Morgan fingerprint density at radius 2 is 1.58 bits per heavy atom. The number of hydrogen-bond acceptors (Lipinski definition) is 3. The number of carbonyl (C=O) groups is 1. The molecule has 24 heavy (non-hydrogen) atoms. The molecule has 2 unspecified atom stereocenters. The third-order valence-corrected chi connectivity index (χ3v) is 4.33. The minimum absolute atomic E-state index is 0.138. The molecule has 0 fully saturated rings. The summed E-state index contributed by atoms with van der Waals surface area (Å²) in [5, 5.41) is 0. The van der Waals surface area contributed by atoms with Gasteiger partial charge in [0.2, 0.25) is 0 Å². The van der Waals surface area contributed by atoms with Crippen LogP contribution in [0.1, 0.15) is 25.0 Å². The second-order valence-corrected chi connectivity index (χ2v) is 6.67. The fourth-order valence-corrected chi connectivity index (χ4v) is 3.33. The van der Waals surface area contributed by atoms with Crippen LogP contribution in [0.15, 0.2) is 60.7 Å². The van der Waals surface area contributed by atoms with Crippen LogP contribution in [0.3, 0.4) is 0 Å². The summed E-state index contributed by atoms with van der Waals surface area (Å²) in [4.78, 5) is 14.1. The quantitative estimate of drug-likeness (QED) is 0.724. The van der Waals surface area contributed by atoms with E-state index in [4.69, 9.17) is 4.74 Å². The SMILES string of the molecule is CC(=O)OC(Cc1ccccc1)(c1ccccc1)C(C)CN(C)C. The molecule has 0 radical (unpaired) electrons. The third-order valence-electron chi connectivity index (χ3n) is 4.33. The third kappa shape index (κ3) is 4.45. The van der Waals surface area contributed by atoms with Crippen LogP contribution in [0.25, 0.3) is 0 Å². The van der Waals surface area contributed by atoms with E-state index in [2.05, 4.69) is 36.1 Å². The molecule has 0 aliphatic heterocycles. The highest BCUT2D eigenvalue weighted by Gasteiger charge is 2.41. The highest BCUT2D eigenvalue weighted by atomic mass is 16.6. The maximum Gasteiger partial charge on any atom is 0.303 e. The maximum absolute atomic E-state index is 12.0. The standard InChI is InChI=1S/C21H27NO2/c1-17(16-22(3)4)21(24-18(2)23,20-13-9-6-10-14-20)15-19-11-7-5-8-12-19/h5-14,17H,15-16H2,1-4H3. The van der Waals surface area contributed by atoms with E-state index in [1.165, 1.54) is 6.92 Å². The summed E-state index contributed by atoms with van der Waals surface area (Å²) in [5.41, 5.74) is 1.52.